The Hall–Kier alpha value is -0.300. The summed E-state index contributed by atoms with van der Waals surface area (Å²) in [6.45, 7) is 16.9. The van der Waals surface area contributed by atoms with E-state index in [1.807, 2.05) is 0 Å². The highest BCUT2D eigenvalue weighted by atomic mass is 15.2. The highest BCUT2D eigenvalue weighted by molar-refractivity contribution is 5.06. The number of allylic oxidation sites excluding steroid dienone is 1. The zero-order chi connectivity index (χ0) is 12.3. The van der Waals surface area contributed by atoms with E-state index in [1.54, 1.807) is 5.57 Å². The Morgan fingerprint density at radius 3 is 1.80 bits per heavy atom. The van der Waals surface area contributed by atoms with E-state index >= 15 is 0 Å². The van der Waals surface area contributed by atoms with Crippen LogP contribution in [-0.4, -0.2) is 24.0 Å². The zero-order valence-electron chi connectivity index (χ0n) is 11.9. The van der Waals surface area contributed by atoms with Crippen LogP contribution in [0.15, 0.2) is 11.6 Å². The smallest absolute Gasteiger partial charge is 0.0195 e. The van der Waals surface area contributed by atoms with Gasteiger partial charge in [0.05, 0.1) is 0 Å². The number of rotatable bonds is 3. The number of hydrogen-bond acceptors (Lipinski definition) is 1. The summed E-state index contributed by atoms with van der Waals surface area (Å²) in [4.78, 5) is 2.41. The second-order valence-electron chi connectivity index (χ2n) is 6.71. The minimum atomic E-state index is 0.256. The molecule has 0 bridgehead atoms. The molecule has 0 spiro atoms. The van der Waals surface area contributed by atoms with Gasteiger partial charge < -0.3 is 0 Å². The average molecular weight is 211 g/mol. The molecule has 0 N–H and O–H groups in total. The van der Waals surface area contributed by atoms with Crippen LogP contribution in [0.5, 0.6) is 0 Å². The van der Waals surface area contributed by atoms with E-state index < -0.39 is 0 Å². The van der Waals surface area contributed by atoms with Crippen LogP contribution in [0.1, 0.15) is 54.9 Å². The Bertz CT molecular complexity index is 212. The maximum Gasteiger partial charge on any atom is 0.0195 e. The summed E-state index contributed by atoms with van der Waals surface area (Å²) < 4.78 is 0. The van der Waals surface area contributed by atoms with Crippen molar-refractivity contribution in [3.05, 3.63) is 11.6 Å². The third-order valence-corrected chi connectivity index (χ3v) is 2.75. The van der Waals surface area contributed by atoms with Crippen LogP contribution in [0.4, 0.5) is 0 Å². The summed E-state index contributed by atoms with van der Waals surface area (Å²) in [6, 6.07) is 0. The summed E-state index contributed by atoms with van der Waals surface area (Å²) in [5.74, 6) is 0. The standard InChI is InChI=1S/C14H29N/c1-9-12(10-13(2,3)4)11-15(8)14(5,6)7/h9H,10-11H2,1-8H3/b12-9+. The molecule has 0 aliphatic heterocycles. The van der Waals surface area contributed by atoms with E-state index in [1.165, 1.54) is 6.42 Å². The summed E-state index contributed by atoms with van der Waals surface area (Å²) in [5, 5.41) is 0. The minimum Gasteiger partial charge on any atom is -0.298 e. The van der Waals surface area contributed by atoms with Gasteiger partial charge >= 0.3 is 0 Å². The molecule has 0 aliphatic rings. The predicted octanol–water partition coefficient (Wildman–Crippen LogP) is 4.10. The number of likely N-dealkylation sites (N-methyl/N-ethyl adjacent to an activating group) is 1. The molecule has 0 amide bonds. The van der Waals surface area contributed by atoms with Crippen LogP contribution in [0.2, 0.25) is 0 Å². The molecule has 0 heterocycles. The maximum atomic E-state index is 2.41. The third kappa shape index (κ3) is 6.72. The largest absolute Gasteiger partial charge is 0.298 e. The molecule has 0 aromatic rings. The van der Waals surface area contributed by atoms with Gasteiger partial charge in [0.1, 0.15) is 0 Å². The highest BCUT2D eigenvalue weighted by Gasteiger charge is 2.20. The van der Waals surface area contributed by atoms with Crippen molar-refractivity contribution in [2.45, 2.75) is 60.4 Å². The van der Waals surface area contributed by atoms with Crippen molar-refractivity contribution >= 4 is 0 Å². The molecule has 90 valence electrons. The summed E-state index contributed by atoms with van der Waals surface area (Å²) in [6.07, 6.45) is 3.46. The Balaban J connectivity index is 4.38. The molecule has 0 aliphatic carbocycles. The van der Waals surface area contributed by atoms with E-state index in [2.05, 4.69) is 66.5 Å². The first-order valence-corrected chi connectivity index (χ1v) is 5.91. The lowest BCUT2D eigenvalue weighted by molar-refractivity contribution is 0.186. The Labute approximate surface area is 96.6 Å². The molecule has 0 aromatic heterocycles. The molecule has 0 fully saturated rings. The topological polar surface area (TPSA) is 3.24 Å². The van der Waals surface area contributed by atoms with E-state index in [0.717, 1.165) is 6.54 Å². The van der Waals surface area contributed by atoms with E-state index in [4.69, 9.17) is 0 Å². The molecule has 0 rings (SSSR count). The fourth-order valence-electron chi connectivity index (χ4n) is 1.47. The van der Waals surface area contributed by atoms with Crippen LogP contribution in [0.25, 0.3) is 0 Å². The van der Waals surface area contributed by atoms with Crippen LogP contribution in [-0.2, 0) is 0 Å². The van der Waals surface area contributed by atoms with Gasteiger partial charge in [-0.15, -0.1) is 0 Å². The Morgan fingerprint density at radius 1 is 1.07 bits per heavy atom. The molecule has 0 saturated heterocycles. The van der Waals surface area contributed by atoms with Crippen molar-refractivity contribution in [2.24, 2.45) is 5.41 Å². The third-order valence-electron chi connectivity index (χ3n) is 2.75. The van der Waals surface area contributed by atoms with E-state index in [-0.39, 0.29) is 5.54 Å². The van der Waals surface area contributed by atoms with Crippen molar-refractivity contribution in [1.82, 2.24) is 4.90 Å². The van der Waals surface area contributed by atoms with Gasteiger partial charge in [-0.05, 0) is 46.6 Å². The van der Waals surface area contributed by atoms with Gasteiger partial charge in [-0.25, -0.2) is 0 Å². The first kappa shape index (κ1) is 14.7. The van der Waals surface area contributed by atoms with Gasteiger partial charge in [0, 0.05) is 12.1 Å². The normalized spacial score (nSPS) is 14.9. The summed E-state index contributed by atoms with van der Waals surface area (Å²) in [5.41, 5.74) is 2.19. The molecule has 15 heavy (non-hydrogen) atoms. The quantitative estimate of drug-likeness (QED) is 0.635. The first-order valence-electron chi connectivity index (χ1n) is 5.91. The first-order chi connectivity index (χ1) is 6.56. The summed E-state index contributed by atoms with van der Waals surface area (Å²) in [7, 11) is 2.20. The molecular weight excluding hydrogens is 182 g/mol. The molecule has 0 unspecified atom stereocenters. The van der Waals surface area contributed by atoms with Crippen molar-refractivity contribution < 1.29 is 0 Å². The van der Waals surface area contributed by atoms with Gasteiger partial charge in [-0.3, -0.25) is 4.90 Å². The lowest BCUT2D eigenvalue weighted by atomic mass is 9.87. The van der Waals surface area contributed by atoms with Crippen molar-refractivity contribution in [2.75, 3.05) is 13.6 Å². The lowest BCUT2D eigenvalue weighted by Gasteiger charge is -2.34. The highest BCUT2D eigenvalue weighted by Crippen LogP contribution is 2.25. The number of nitrogens with zero attached hydrogens (tertiary/aromatic N) is 1. The van der Waals surface area contributed by atoms with E-state index in [9.17, 15) is 0 Å². The fraction of sp³-hybridized carbons (Fsp3) is 0.857. The zero-order valence-corrected chi connectivity index (χ0v) is 11.9. The Morgan fingerprint density at radius 2 is 1.53 bits per heavy atom. The van der Waals surface area contributed by atoms with Gasteiger partial charge in [-0.1, -0.05) is 32.4 Å². The molecule has 0 atom stereocenters. The fourth-order valence-corrected chi connectivity index (χ4v) is 1.47. The molecule has 0 aromatic carbocycles. The molecule has 1 nitrogen and oxygen atoms in total. The second-order valence-corrected chi connectivity index (χ2v) is 6.71. The molecule has 0 radical (unpaired) electrons. The van der Waals surface area contributed by atoms with E-state index in [0.29, 0.717) is 5.41 Å². The predicted molar refractivity (Wildman–Crippen MR) is 70.2 cm³/mol. The molecule has 0 saturated carbocycles. The Kier molecular flexibility index (Phi) is 5.05. The summed E-state index contributed by atoms with van der Waals surface area (Å²) >= 11 is 0. The SMILES string of the molecule is C/C=C(/CN(C)C(C)(C)C)CC(C)(C)C. The van der Waals surface area contributed by atoms with Crippen molar-refractivity contribution in [1.29, 1.82) is 0 Å². The van der Waals surface area contributed by atoms with Gasteiger partial charge in [0.25, 0.3) is 0 Å². The van der Waals surface area contributed by atoms with Gasteiger partial charge in [-0.2, -0.15) is 0 Å². The average Bonchev–Trinajstić information content (AvgIpc) is 1.98. The molecular formula is C14H29N. The lowest BCUT2D eigenvalue weighted by Crippen LogP contribution is -2.39. The monoisotopic (exact) mass is 211 g/mol. The second kappa shape index (κ2) is 5.16. The van der Waals surface area contributed by atoms with Crippen LogP contribution in [0, 0.1) is 5.41 Å². The van der Waals surface area contributed by atoms with Gasteiger partial charge in [0.15, 0.2) is 0 Å². The number of hydrogen-bond donors (Lipinski definition) is 0. The maximum absolute atomic E-state index is 2.41. The van der Waals surface area contributed by atoms with Crippen molar-refractivity contribution in [3.8, 4) is 0 Å². The van der Waals surface area contributed by atoms with Crippen LogP contribution >= 0.6 is 0 Å². The van der Waals surface area contributed by atoms with Gasteiger partial charge in [0.2, 0.25) is 0 Å². The molecule has 1 heteroatoms. The van der Waals surface area contributed by atoms with Crippen LogP contribution < -0.4 is 0 Å². The minimum absolute atomic E-state index is 0.256. The van der Waals surface area contributed by atoms with Crippen LogP contribution in [0.3, 0.4) is 0 Å². The van der Waals surface area contributed by atoms with Crippen molar-refractivity contribution in [3.63, 3.8) is 0 Å².